The molecular weight excluding hydrogens is 328 g/mol. The molecular formula is C16H22N4O3S. The predicted molar refractivity (Wildman–Crippen MR) is 98.1 cm³/mol. The van der Waals surface area contributed by atoms with Crippen molar-refractivity contribution in [3.8, 4) is 5.88 Å². The Hall–Kier alpha value is -2.00. The van der Waals surface area contributed by atoms with Crippen molar-refractivity contribution in [2.45, 2.75) is 6.42 Å². The monoisotopic (exact) mass is 350 g/mol. The van der Waals surface area contributed by atoms with Gasteiger partial charge in [0, 0.05) is 12.6 Å². The van der Waals surface area contributed by atoms with Crippen LogP contribution in [0.25, 0.3) is 0 Å². The zero-order valence-electron chi connectivity index (χ0n) is 13.7. The molecule has 1 aliphatic heterocycles. The van der Waals surface area contributed by atoms with E-state index in [1.165, 1.54) is 0 Å². The summed E-state index contributed by atoms with van der Waals surface area (Å²) in [5, 5.41) is 3.08. The molecule has 0 amide bonds. The van der Waals surface area contributed by atoms with Gasteiger partial charge >= 0.3 is 0 Å². The number of ether oxygens (including phenoxy) is 1. The van der Waals surface area contributed by atoms with Crippen LogP contribution in [0.5, 0.6) is 5.88 Å². The third-order valence-corrected chi connectivity index (χ3v) is 5.73. The zero-order chi connectivity index (χ0) is 17.2. The van der Waals surface area contributed by atoms with Gasteiger partial charge in [0.15, 0.2) is 0 Å². The number of pyridine rings is 1. The van der Waals surface area contributed by atoms with Gasteiger partial charge in [-0.3, -0.25) is 13.4 Å². The van der Waals surface area contributed by atoms with Crippen molar-refractivity contribution in [3.63, 3.8) is 0 Å². The van der Waals surface area contributed by atoms with E-state index < -0.39 is 11.0 Å². The van der Waals surface area contributed by atoms with Crippen LogP contribution in [0.3, 0.4) is 0 Å². The second-order valence-electron chi connectivity index (χ2n) is 5.39. The highest BCUT2D eigenvalue weighted by atomic mass is 32.3. The van der Waals surface area contributed by atoms with Crippen molar-refractivity contribution in [2.24, 2.45) is 0 Å². The summed E-state index contributed by atoms with van der Waals surface area (Å²) in [6.07, 6.45) is 2.39. The molecule has 0 fully saturated rings. The molecule has 0 bridgehead atoms. The van der Waals surface area contributed by atoms with Crippen LogP contribution in [-0.2, 0) is 0 Å². The Morgan fingerprint density at radius 1 is 1.17 bits per heavy atom. The smallest absolute Gasteiger partial charge is 0.213 e. The first kappa shape index (κ1) is 16.8. The summed E-state index contributed by atoms with van der Waals surface area (Å²) in [5.74, 6) is 0.480. The molecule has 1 aliphatic rings. The molecule has 0 unspecified atom stereocenters. The molecule has 0 radical (unpaired) electrons. The number of aromatic nitrogens is 1. The van der Waals surface area contributed by atoms with E-state index in [0.29, 0.717) is 18.1 Å². The topological polar surface area (TPSA) is 81.1 Å². The number of para-hydroxylation sites is 2. The Kier molecular flexibility index (Phi) is 4.81. The maximum absolute atomic E-state index is 10.9. The van der Waals surface area contributed by atoms with E-state index in [4.69, 9.17) is 4.74 Å². The van der Waals surface area contributed by atoms with Crippen molar-refractivity contribution < 1.29 is 13.8 Å². The summed E-state index contributed by atoms with van der Waals surface area (Å²) < 4.78 is 30.1. The van der Waals surface area contributed by atoms with E-state index >= 15 is 0 Å². The molecule has 0 saturated heterocycles. The Morgan fingerprint density at radius 2 is 1.92 bits per heavy atom. The molecule has 130 valence electrons. The van der Waals surface area contributed by atoms with Gasteiger partial charge in [-0.25, -0.2) is 9.29 Å². The average Bonchev–Trinajstić information content (AvgIpc) is 2.82. The Labute approximate surface area is 143 Å². The molecule has 2 aromatic rings. The van der Waals surface area contributed by atoms with Gasteiger partial charge in [-0.1, -0.05) is 12.1 Å². The normalized spacial score (nSPS) is 16.8. The molecule has 0 aliphatic carbocycles. The lowest BCUT2D eigenvalue weighted by Gasteiger charge is -2.43. The van der Waals surface area contributed by atoms with E-state index in [-0.39, 0.29) is 0 Å². The molecule has 0 saturated carbocycles. The summed E-state index contributed by atoms with van der Waals surface area (Å²) in [4.78, 5) is 4.18. The van der Waals surface area contributed by atoms with Crippen molar-refractivity contribution in [2.75, 3.05) is 35.9 Å². The van der Waals surface area contributed by atoms with Crippen LogP contribution in [0.1, 0.15) is 6.42 Å². The lowest BCUT2D eigenvalue weighted by Crippen LogP contribution is -2.32. The van der Waals surface area contributed by atoms with Crippen molar-refractivity contribution in [3.05, 3.63) is 42.6 Å². The highest BCUT2D eigenvalue weighted by Crippen LogP contribution is 2.63. The lowest BCUT2D eigenvalue weighted by atomic mass is 10.2. The second-order valence-corrected chi connectivity index (χ2v) is 7.18. The first-order valence-electron chi connectivity index (χ1n) is 7.69. The van der Waals surface area contributed by atoms with Crippen molar-refractivity contribution >= 4 is 28.0 Å². The Balaban J connectivity index is 1.99. The van der Waals surface area contributed by atoms with Crippen LogP contribution in [0.2, 0.25) is 0 Å². The van der Waals surface area contributed by atoms with Crippen LogP contribution in [-0.4, -0.2) is 41.3 Å². The van der Waals surface area contributed by atoms with Crippen LogP contribution < -0.4 is 18.7 Å². The highest BCUT2D eigenvalue weighted by Gasteiger charge is 2.41. The molecule has 0 atom stereocenters. The predicted octanol–water partition coefficient (Wildman–Crippen LogP) is 3.24. The number of fused-ring (bicyclic) bond motifs is 1. The van der Waals surface area contributed by atoms with Gasteiger partial charge in [0.2, 0.25) is 5.88 Å². The molecule has 1 aromatic heterocycles. The van der Waals surface area contributed by atoms with E-state index in [9.17, 15) is 9.11 Å². The summed E-state index contributed by atoms with van der Waals surface area (Å²) in [6, 6.07) is 11.0. The Bertz CT molecular complexity index is 696. The molecule has 2 heterocycles. The van der Waals surface area contributed by atoms with Crippen molar-refractivity contribution in [1.82, 2.24) is 10.3 Å². The van der Waals surface area contributed by atoms with Gasteiger partial charge in [0.1, 0.15) is 0 Å². The van der Waals surface area contributed by atoms with Gasteiger partial charge in [0.05, 0.1) is 30.4 Å². The molecule has 0 spiro atoms. The number of benzene rings is 1. The van der Waals surface area contributed by atoms with Gasteiger partial charge < -0.3 is 10.1 Å². The SMILES string of the molecule is CNCCCN1c2ccccc2N(c2ccc(OC)nc2)S1(O)O. The van der Waals surface area contributed by atoms with Gasteiger partial charge in [-0.2, -0.15) is 0 Å². The fraction of sp³-hybridized carbons (Fsp3) is 0.312. The van der Waals surface area contributed by atoms with Gasteiger partial charge in [-0.15, -0.1) is 0 Å². The number of hydrogen-bond acceptors (Lipinski definition) is 7. The largest absolute Gasteiger partial charge is 0.481 e. The van der Waals surface area contributed by atoms with E-state index in [2.05, 4.69) is 10.3 Å². The number of hydrogen-bond donors (Lipinski definition) is 3. The third kappa shape index (κ3) is 2.89. The minimum Gasteiger partial charge on any atom is -0.481 e. The average molecular weight is 350 g/mol. The van der Waals surface area contributed by atoms with E-state index in [0.717, 1.165) is 24.3 Å². The van der Waals surface area contributed by atoms with Crippen LogP contribution >= 0.6 is 11.0 Å². The third-order valence-electron chi connectivity index (χ3n) is 3.86. The summed E-state index contributed by atoms with van der Waals surface area (Å²) in [7, 11) is 0.244. The zero-order valence-corrected chi connectivity index (χ0v) is 14.5. The maximum Gasteiger partial charge on any atom is 0.213 e. The standard InChI is InChI=1S/C16H22N4O3S/c1-17-10-5-11-19-14-6-3-4-7-15(14)20(24(19,21)22)13-8-9-16(23-2)18-12-13/h3-4,6-9,12,17,21-22H,5,10-11H2,1-2H3. The van der Waals surface area contributed by atoms with Crippen molar-refractivity contribution in [1.29, 1.82) is 0 Å². The number of anilines is 3. The summed E-state index contributed by atoms with van der Waals surface area (Å²) in [5.41, 5.74) is 2.18. The van der Waals surface area contributed by atoms with Gasteiger partial charge in [0.25, 0.3) is 0 Å². The fourth-order valence-electron chi connectivity index (χ4n) is 2.75. The lowest BCUT2D eigenvalue weighted by molar-refractivity contribution is 0.398. The Morgan fingerprint density at radius 3 is 2.54 bits per heavy atom. The fourth-order valence-corrected chi connectivity index (χ4v) is 4.54. The molecule has 1 aromatic carbocycles. The second kappa shape index (κ2) is 6.86. The quantitative estimate of drug-likeness (QED) is 0.690. The molecule has 7 nitrogen and oxygen atoms in total. The van der Waals surface area contributed by atoms with Crippen LogP contribution in [0.4, 0.5) is 17.1 Å². The number of nitrogens with zero attached hydrogens (tertiary/aromatic N) is 3. The summed E-state index contributed by atoms with van der Waals surface area (Å²) >= 11 is 0. The minimum absolute atomic E-state index is 0.480. The molecule has 3 N–H and O–H groups in total. The van der Waals surface area contributed by atoms with Gasteiger partial charge in [-0.05, 0) is 49.2 Å². The first-order chi connectivity index (χ1) is 11.6. The number of methoxy groups -OCH3 is 1. The minimum atomic E-state index is -3.18. The van der Waals surface area contributed by atoms with Crippen LogP contribution in [0, 0.1) is 0 Å². The van der Waals surface area contributed by atoms with Crippen LogP contribution in [0.15, 0.2) is 42.6 Å². The summed E-state index contributed by atoms with van der Waals surface area (Å²) in [6.45, 7) is 1.35. The first-order valence-corrected chi connectivity index (χ1v) is 9.15. The van der Waals surface area contributed by atoms with E-state index in [1.54, 1.807) is 34.0 Å². The number of nitrogens with one attached hydrogen (secondary N) is 1. The number of rotatable bonds is 6. The molecule has 3 rings (SSSR count). The highest BCUT2D eigenvalue weighted by molar-refractivity contribution is 8.27. The molecule has 24 heavy (non-hydrogen) atoms. The van der Waals surface area contributed by atoms with E-state index in [1.807, 2.05) is 31.3 Å². The molecule has 8 heteroatoms. The maximum atomic E-state index is 10.9.